The lowest BCUT2D eigenvalue weighted by molar-refractivity contribution is 0.104. The first-order valence-corrected chi connectivity index (χ1v) is 10.8. The van der Waals surface area contributed by atoms with Crippen molar-refractivity contribution in [3.63, 3.8) is 0 Å². The van der Waals surface area contributed by atoms with Crippen molar-refractivity contribution in [2.75, 3.05) is 23.5 Å². The molecule has 2 heterocycles. The number of benzene rings is 2. The number of aromatic nitrogens is 3. The maximum absolute atomic E-state index is 13.5. The van der Waals surface area contributed by atoms with Gasteiger partial charge in [-0.25, -0.2) is 14.8 Å². The number of methoxy groups -OCH3 is 1. The van der Waals surface area contributed by atoms with Crippen LogP contribution in [0.25, 0.3) is 11.0 Å². The van der Waals surface area contributed by atoms with Crippen LogP contribution in [0.3, 0.4) is 0 Å². The van der Waals surface area contributed by atoms with Gasteiger partial charge in [0.15, 0.2) is 5.78 Å². The third kappa shape index (κ3) is 4.38. The number of fused-ring (bicyclic) bond motifs is 1. The first-order chi connectivity index (χ1) is 16.3. The van der Waals surface area contributed by atoms with Crippen molar-refractivity contribution >= 4 is 51.6 Å². The van der Waals surface area contributed by atoms with E-state index in [-0.39, 0.29) is 17.6 Å². The van der Waals surface area contributed by atoms with Crippen molar-refractivity contribution in [1.82, 2.24) is 14.5 Å². The minimum Gasteiger partial charge on any atom is -0.495 e. The molecular weight excluding hydrogens is 456 g/mol. The average molecular weight is 479 g/mol. The number of anilines is 3. The number of urea groups is 1. The van der Waals surface area contributed by atoms with Crippen molar-refractivity contribution in [1.29, 1.82) is 0 Å². The molecular formula is C24H23ClN6O3. The highest BCUT2D eigenvalue weighted by molar-refractivity contribution is 6.33. The Bertz CT molecular complexity index is 1400. The van der Waals surface area contributed by atoms with Crippen LogP contribution in [0, 0.1) is 0 Å². The highest BCUT2D eigenvalue weighted by Crippen LogP contribution is 2.31. The van der Waals surface area contributed by atoms with Crippen LogP contribution >= 0.6 is 11.6 Å². The Balaban J connectivity index is 1.69. The van der Waals surface area contributed by atoms with Crippen LogP contribution in [0.15, 0.2) is 55.0 Å². The monoisotopic (exact) mass is 478 g/mol. The van der Waals surface area contributed by atoms with Gasteiger partial charge < -0.3 is 25.7 Å². The number of ketones is 1. The summed E-state index contributed by atoms with van der Waals surface area (Å²) < 4.78 is 7.24. The fraction of sp³-hybridized carbons (Fsp3) is 0.167. The molecule has 0 radical (unpaired) electrons. The van der Waals surface area contributed by atoms with E-state index in [9.17, 15) is 9.59 Å². The minimum absolute atomic E-state index is 0.0555. The van der Waals surface area contributed by atoms with E-state index in [0.717, 1.165) is 0 Å². The number of hydrogen-bond acceptors (Lipinski definition) is 6. The van der Waals surface area contributed by atoms with Crippen LogP contribution in [0.5, 0.6) is 5.75 Å². The van der Waals surface area contributed by atoms with E-state index in [4.69, 9.17) is 22.1 Å². The lowest BCUT2D eigenvalue weighted by Crippen LogP contribution is -2.20. The van der Waals surface area contributed by atoms with Gasteiger partial charge in [-0.1, -0.05) is 23.7 Å². The molecule has 0 atom stereocenters. The summed E-state index contributed by atoms with van der Waals surface area (Å²) in [6.45, 7) is 3.97. The number of para-hydroxylation sites is 1. The van der Waals surface area contributed by atoms with Crippen LogP contribution in [-0.4, -0.2) is 33.5 Å². The van der Waals surface area contributed by atoms with Gasteiger partial charge in [-0.2, -0.15) is 0 Å². The minimum atomic E-state index is -0.537. The molecule has 0 unspecified atom stereocenters. The van der Waals surface area contributed by atoms with Crippen LogP contribution in [-0.2, 0) is 0 Å². The predicted octanol–water partition coefficient (Wildman–Crippen LogP) is 5.13. The van der Waals surface area contributed by atoms with Crippen molar-refractivity contribution < 1.29 is 14.3 Å². The van der Waals surface area contributed by atoms with Gasteiger partial charge in [-0.05, 0) is 44.2 Å². The standard InChI is InChI=1S/C24H23ClN6O3/c1-13(2)31-11-15(20-22(26)27-12-28-23(20)31)21(32)14-8-9-19(34-3)18(10-14)30-24(33)29-17-7-5-4-6-16(17)25/h4-13H,1-3H3,(H2,26,27,28)(H2,29,30,33). The Morgan fingerprint density at radius 2 is 1.82 bits per heavy atom. The van der Waals surface area contributed by atoms with Crippen molar-refractivity contribution in [2.45, 2.75) is 19.9 Å². The highest BCUT2D eigenvalue weighted by atomic mass is 35.5. The first-order valence-electron chi connectivity index (χ1n) is 10.5. The molecule has 34 heavy (non-hydrogen) atoms. The molecule has 4 rings (SSSR count). The summed E-state index contributed by atoms with van der Waals surface area (Å²) in [6, 6.07) is 11.2. The van der Waals surface area contributed by atoms with Gasteiger partial charge >= 0.3 is 6.03 Å². The summed E-state index contributed by atoms with van der Waals surface area (Å²) in [4.78, 5) is 34.5. The maximum Gasteiger partial charge on any atom is 0.323 e. The maximum atomic E-state index is 13.5. The number of carbonyl (C=O) groups is 2. The molecule has 0 fully saturated rings. The molecule has 4 aromatic rings. The molecule has 0 bridgehead atoms. The van der Waals surface area contributed by atoms with Crippen LogP contribution in [0.1, 0.15) is 35.8 Å². The second-order valence-electron chi connectivity index (χ2n) is 7.80. The Morgan fingerprint density at radius 1 is 1.09 bits per heavy atom. The summed E-state index contributed by atoms with van der Waals surface area (Å²) in [5.41, 5.74) is 8.15. The molecule has 0 saturated heterocycles. The van der Waals surface area contributed by atoms with Gasteiger partial charge in [0.2, 0.25) is 0 Å². The third-order valence-electron chi connectivity index (χ3n) is 5.27. The Labute approximate surface area is 200 Å². The zero-order valence-electron chi connectivity index (χ0n) is 18.8. The van der Waals surface area contributed by atoms with E-state index in [1.807, 2.05) is 18.4 Å². The molecule has 0 spiro atoms. The van der Waals surface area contributed by atoms with Crippen molar-refractivity contribution in [2.24, 2.45) is 0 Å². The number of amides is 2. The van der Waals surface area contributed by atoms with Gasteiger partial charge in [-0.3, -0.25) is 4.79 Å². The molecule has 4 N–H and O–H groups in total. The zero-order chi connectivity index (χ0) is 24.4. The van der Waals surface area contributed by atoms with Gasteiger partial charge in [0.1, 0.15) is 23.5 Å². The Hall–Kier alpha value is -4.11. The number of nitrogens with two attached hydrogens (primary N) is 1. The van der Waals surface area contributed by atoms with E-state index >= 15 is 0 Å². The fourth-order valence-corrected chi connectivity index (χ4v) is 3.80. The summed E-state index contributed by atoms with van der Waals surface area (Å²) in [7, 11) is 1.47. The fourth-order valence-electron chi connectivity index (χ4n) is 3.62. The lowest BCUT2D eigenvalue weighted by Gasteiger charge is -2.13. The van der Waals surface area contributed by atoms with E-state index < -0.39 is 6.03 Å². The number of ether oxygens (including phenoxy) is 1. The SMILES string of the molecule is COc1ccc(C(=O)c2cn(C(C)C)c3ncnc(N)c23)cc1NC(=O)Nc1ccccc1Cl. The molecule has 10 heteroatoms. The van der Waals surface area contributed by atoms with Crippen molar-refractivity contribution in [3.05, 3.63) is 71.1 Å². The highest BCUT2D eigenvalue weighted by Gasteiger charge is 2.22. The number of carbonyl (C=O) groups excluding carboxylic acids is 2. The predicted molar refractivity (Wildman–Crippen MR) is 133 cm³/mol. The number of hydrogen-bond donors (Lipinski definition) is 3. The summed E-state index contributed by atoms with van der Waals surface area (Å²) >= 11 is 6.11. The second kappa shape index (κ2) is 9.40. The first kappa shape index (κ1) is 23.1. The smallest absolute Gasteiger partial charge is 0.323 e. The summed E-state index contributed by atoms with van der Waals surface area (Å²) in [5, 5.41) is 6.28. The zero-order valence-corrected chi connectivity index (χ0v) is 19.6. The molecule has 2 aromatic carbocycles. The second-order valence-corrected chi connectivity index (χ2v) is 8.21. The molecule has 0 aliphatic carbocycles. The van der Waals surface area contributed by atoms with Crippen LogP contribution in [0.2, 0.25) is 5.02 Å². The van der Waals surface area contributed by atoms with Gasteiger partial charge in [0.25, 0.3) is 0 Å². The van der Waals surface area contributed by atoms with E-state index in [0.29, 0.717) is 44.3 Å². The normalized spacial score (nSPS) is 11.0. The van der Waals surface area contributed by atoms with E-state index in [1.54, 1.807) is 48.7 Å². The summed E-state index contributed by atoms with van der Waals surface area (Å²) in [5.74, 6) is 0.320. The largest absolute Gasteiger partial charge is 0.495 e. The average Bonchev–Trinajstić information content (AvgIpc) is 3.21. The molecule has 2 amide bonds. The Morgan fingerprint density at radius 3 is 2.53 bits per heavy atom. The number of halogens is 1. The van der Waals surface area contributed by atoms with Gasteiger partial charge in [0.05, 0.1) is 34.5 Å². The van der Waals surface area contributed by atoms with Crippen LogP contribution in [0.4, 0.5) is 22.0 Å². The number of rotatable bonds is 6. The van der Waals surface area contributed by atoms with Gasteiger partial charge in [-0.15, -0.1) is 0 Å². The van der Waals surface area contributed by atoms with Crippen LogP contribution < -0.4 is 21.1 Å². The number of nitrogens with zero attached hydrogens (tertiary/aromatic N) is 3. The molecule has 0 saturated carbocycles. The molecule has 9 nitrogen and oxygen atoms in total. The molecule has 0 aliphatic heterocycles. The lowest BCUT2D eigenvalue weighted by atomic mass is 10.0. The Kier molecular flexibility index (Phi) is 6.38. The quantitative estimate of drug-likeness (QED) is 0.330. The summed E-state index contributed by atoms with van der Waals surface area (Å²) in [6.07, 6.45) is 3.10. The van der Waals surface area contributed by atoms with Crippen molar-refractivity contribution in [3.8, 4) is 5.75 Å². The molecule has 2 aromatic heterocycles. The molecule has 0 aliphatic rings. The molecule has 174 valence electrons. The van der Waals surface area contributed by atoms with E-state index in [2.05, 4.69) is 20.6 Å². The van der Waals surface area contributed by atoms with E-state index in [1.165, 1.54) is 13.4 Å². The van der Waals surface area contributed by atoms with Gasteiger partial charge in [0, 0.05) is 17.8 Å². The third-order valence-corrected chi connectivity index (χ3v) is 5.60. The number of nitrogen functional groups attached to an aromatic ring is 1. The number of nitrogens with one attached hydrogen (secondary N) is 2. The topological polar surface area (TPSA) is 124 Å².